The van der Waals surface area contributed by atoms with Gasteiger partial charge in [-0.15, -0.1) is 0 Å². The summed E-state index contributed by atoms with van der Waals surface area (Å²) in [7, 11) is 0. The summed E-state index contributed by atoms with van der Waals surface area (Å²) in [4.78, 5) is 20.6. The van der Waals surface area contributed by atoms with Gasteiger partial charge in [0, 0.05) is 11.6 Å². The van der Waals surface area contributed by atoms with Gasteiger partial charge in [-0.1, -0.05) is 47.5 Å². The number of para-hydroxylation sites is 1. The Bertz CT molecular complexity index is 900. The van der Waals surface area contributed by atoms with Crippen LogP contribution in [-0.2, 0) is 6.42 Å². The maximum Gasteiger partial charge on any atom is 0.275 e. The molecule has 2 N–H and O–H groups in total. The number of carbonyl (C=O) groups excluding carboxylic acids is 1. The van der Waals surface area contributed by atoms with E-state index in [1.54, 1.807) is 24.3 Å². The molecule has 0 fully saturated rings. The summed E-state index contributed by atoms with van der Waals surface area (Å²) in [6.45, 7) is 0.681. The largest absolute Gasteiger partial charge is 0.368 e. The maximum absolute atomic E-state index is 12.2. The number of aromatic nitrogens is 2. The van der Waals surface area contributed by atoms with Crippen molar-refractivity contribution in [2.75, 3.05) is 17.2 Å². The highest BCUT2D eigenvalue weighted by atomic mass is 35.5. The third kappa shape index (κ3) is 4.94. The maximum atomic E-state index is 12.2. The minimum Gasteiger partial charge on any atom is -0.368 e. The van der Waals surface area contributed by atoms with E-state index in [1.807, 2.05) is 24.3 Å². The second-order valence-corrected chi connectivity index (χ2v) is 6.37. The number of halogens is 2. The topological polar surface area (TPSA) is 66.9 Å². The zero-order valence-corrected chi connectivity index (χ0v) is 15.3. The molecule has 0 atom stereocenters. The third-order valence-electron chi connectivity index (χ3n) is 3.62. The van der Waals surface area contributed by atoms with Crippen LogP contribution in [0.3, 0.4) is 0 Å². The summed E-state index contributed by atoms with van der Waals surface area (Å²) in [5, 5.41) is 7.06. The Morgan fingerprint density at radius 1 is 1.00 bits per heavy atom. The number of rotatable bonds is 6. The Balaban J connectivity index is 1.54. The van der Waals surface area contributed by atoms with E-state index in [2.05, 4.69) is 20.6 Å². The van der Waals surface area contributed by atoms with Crippen LogP contribution in [0.4, 0.5) is 11.5 Å². The highest BCUT2D eigenvalue weighted by molar-refractivity contribution is 6.33. The molecule has 0 saturated carbocycles. The molecule has 3 rings (SSSR count). The van der Waals surface area contributed by atoms with E-state index >= 15 is 0 Å². The second-order valence-electron chi connectivity index (χ2n) is 5.53. The predicted molar refractivity (Wildman–Crippen MR) is 105 cm³/mol. The standard InChI is InChI=1S/C19H16Cl2N4O/c20-14-5-3-4-13(10-14)8-9-22-18-12-23-17(11-24-18)19(26)25-16-7-2-1-6-15(16)21/h1-7,10-12H,8-9H2,(H,22,24)(H,25,26). The van der Waals surface area contributed by atoms with Crippen LogP contribution in [-0.4, -0.2) is 22.4 Å². The zero-order chi connectivity index (χ0) is 18.4. The van der Waals surface area contributed by atoms with Gasteiger partial charge >= 0.3 is 0 Å². The quantitative estimate of drug-likeness (QED) is 0.644. The molecule has 1 heterocycles. The first-order valence-corrected chi connectivity index (χ1v) is 8.73. The molecule has 0 spiro atoms. The monoisotopic (exact) mass is 386 g/mol. The summed E-state index contributed by atoms with van der Waals surface area (Å²) >= 11 is 12.0. The first-order chi connectivity index (χ1) is 12.6. The van der Waals surface area contributed by atoms with Crippen molar-refractivity contribution < 1.29 is 4.79 Å². The molecule has 132 valence electrons. The van der Waals surface area contributed by atoms with Gasteiger partial charge in [-0.2, -0.15) is 0 Å². The normalized spacial score (nSPS) is 10.4. The van der Waals surface area contributed by atoms with Crippen LogP contribution in [0.1, 0.15) is 16.1 Å². The first kappa shape index (κ1) is 18.2. The van der Waals surface area contributed by atoms with E-state index < -0.39 is 0 Å². The zero-order valence-electron chi connectivity index (χ0n) is 13.7. The fourth-order valence-corrected chi connectivity index (χ4v) is 2.71. The number of nitrogens with zero attached hydrogens (tertiary/aromatic N) is 2. The molecule has 0 aliphatic rings. The molecule has 2 aromatic carbocycles. The van der Waals surface area contributed by atoms with E-state index in [0.717, 1.165) is 17.0 Å². The molecule has 0 aliphatic heterocycles. The Labute approximate surface area is 161 Å². The summed E-state index contributed by atoms with van der Waals surface area (Å²) < 4.78 is 0. The minimum atomic E-state index is -0.365. The Kier molecular flexibility index (Phi) is 6.04. The average molecular weight is 387 g/mol. The number of benzene rings is 2. The number of hydrogen-bond donors (Lipinski definition) is 2. The first-order valence-electron chi connectivity index (χ1n) is 7.98. The van der Waals surface area contributed by atoms with Gasteiger partial charge in [-0.05, 0) is 36.2 Å². The van der Waals surface area contributed by atoms with Crippen LogP contribution in [0.2, 0.25) is 10.0 Å². The highest BCUT2D eigenvalue weighted by Gasteiger charge is 2.10. The molecule has 1 amide bonds. The lowest BCUT2D eigenvalue weighted by molar-refractivity contribution is 0.102. The molecule has 1 aromatic heterocycles. The molecule has 0 bridgehead atoms. The number of nitrogens with one attached hydrogen (secondary N) is 2. The van der Waals surface area contributed by atoms with E-state index in [1.165, 1.54) is 12.4 Å². The molecule has 26 heavy (non-hydrogen) atoms. The van der Waals surface area contributed by atoms with Crippen LogP contribution in [0.15, 0.2) is 60.9 Å². The van der Waals surface area contributed by atoms with Gasteiger partial charge in [0.05, 0.1) is 23.1 Å². The summed E-state index contributed by atoms with van der Waals surface area (Å²) in [6.07, 6.45) is 3.75. The number of carbonyl (C=O) groups is 1. The van der Waals surface area contributed by atoms with Gasteiger partial charge < -0.3 is 10.6 Å². The van der Waals surface area contributed by atoms with Crippen LogP contribution in [0.5, 0.6) is 0 Å². The number of amides is 1. The number of hydrogen-bond acceptors (Lipinski definition) is 4. The van der Waals surface area contributed by atoms with Crippen molar-refractivity contribution in [3.8, 4) is 0 Å². The van der Waals surface area contributed by atoms with E-state index in [9.17, 15) is 4.79 Å². The third-order valence-corrected chi connectivity index (χ3v) is 4.18. The van der Waals surface area contributed by atoms with Crippen LogP contribution < -0.4 is 10.6 Å². The molecule has 7 heteroatoms. The molecule has 0 unspecified atom stereocenters. The molecule has 5 nitrogen and oxygen atoms in total. The molecular formula is C19H16Cl2N4O. The Morgan fingerprint density at radius 3 is 2.58 bits per heavy atom. The molecule has 0 radical (unpaired) electrons. The van der Waals surface area contributed by atoms with E-state index in [0.29, 0.717) is 23.1 Å². The Morgan fingerprint density at radius 2 is 1.85 bits per heavy atom. The van der Waals surface area contributed by atoms with Gasteiger partial charge in [0.1, 0.15) is 11.5 Å². The van der Waals surface area contributed by atoms with Gasteiger partial charge in [0.2, 0.25) is 0 Å². The lowest BCUT2D eigenvalue weighted by atomic mass is 10.1. The van der Waals surface area contributed by atoms with Crippen molar-refractivity contribution in [2.45, 2.75) is 6.42 Å². The highest BCUT2D eigenvalue weighted by Crippen LogP contribution is 2.20. The van der Waals surface area contributed by atoms with Gasteiger partial charge in [0.15, 0.2) is 0 Å². The van der Waals surface area contributed by atoms with Crippen molar-refractivity contribution in [2.24, 2.45) is 0 Å². The van der Waals surface area contributed by atoms with Gasteiger partial charge in [-0.25, -0.2) is 9.97 Å². The van der Waals surface area contributed by atoms with Crippen LogP contribution in [0, 0.1) is 0 Å². The van der Waals surface area contributed by atoms with E-state index in [4.69, 9.17) is 23.2 Å². The SMILES string of the molecule is O=C(Nc1ccccc1Cl)c1cnc(NCCc2cccc(Cl)c2)cn1. The fraction of sp³-hybridized carbons (Fsp3) is 0.105. The van der Waals surface area contributed by atoms with Crippen molar-refractivity contribution in [3.63, 3.8) is 0 Å². The second kappa shape index (κ2) is 8.65. The van der Waals surface area contributed by atoms with Crippen molar-refractivity contribution >= 4 is 40.6 Å². The van der Waals surface area contributed by atoms with E-state index in [-0.39, 0.29) is 11.6 Å². The average Bonchev–Trinajstić information content (AvgIpc) is 2.64. The van der Waals surface area contributed by atoms with Crippen molar-refractivity contribution in [3.05, 3.63) is 82.2 Å². The molecule has 0 saturated heterocycles. The smallest absolute Gasteiger partial charge is 0.275 e. The lowest BCUT2D eigenvalue weighted by Crippen LogP contribution is -2.15. The van der Waals surface area contributed by atoms with Crippen molar-refractivity contribution in [1.29, 1.82) is 0 Å². The lowest BCUT2D eigenvalue weighted by Gasteiger charge is -2.08. The summed E-state index contributed by atoms with van der Waals surface area (Å²) in [5.74, 6) is 0.234. The summed E-state index contributed by atoms with van der Waals surface area (Å²) in [5.41, 5.74) is 1.88. The fourth-order valence-electron chi connectivity index (χ4n) is 2.31. The van der Waals surface area contributed by atoms with Crippen LogP contribution >= 0.6 is 23.2 Å². The van der Waals surface area contributed by atoms with Gasteiger partial charge in [-0.3, -0.25) is 4.79 Å². The number of anilines is 2. The van der Waals surface area contributed by atoms with Crippen molar-refractivity contribution in [1.82, 2.24) is 9.97 Å². The predicted octanol–water partition coefficient (Wildman–Crippen LogP) is 4.69. The molecular weight excluding hydrogens is 371 g/mol. The van der Waals surface area contributed by atoms with Gasteiger partial charge in [0.25, 0.3) is 5.91 Å². The van der Waals surface area contributed by atoms with Crippen LogP contribution in [0.25, 0.3) is 0 Å². The molecule has 3 aromatic rings. The Hall–Kier alpha value is -2.63. The summed E-state index contributed by atoms with van der Waals surface area (Å²) in [6, 6.07) is 14.7. The molecule has 0 aliphatic carbocycles. The minimum absolute atomic E-state index is 0.213.